The second-order valence-corrected chi connectivity index (χ2v) is 14.1. The van der Waals surface area contributed by atoms with Crippen molar-refractivity contribution in [2.45, 2.75) is 119 Å². The fraction of sp³-hybridized carbons (Fsp3) is 0.526. The van der Waals surface area contributed by atoms with Crippen molar-refractivity contribution in [2.75, 3.05) is 10.2 Å². The first-order chi connectivity index (χ1) is 21.7. The number of allylic oxidation sites excluding steroid dienone is 6. The summed E-state index contributed by atoms with van der Waals surface area (Å²) < 4.78 is 0. The number of hydrogen-bond acceptors (Lipinski definition) is 6. The van der Waals surface area contributed by atoms with E-state index < -0.39 is 0 Å². The monoisotopic (exact) mass is 626 g/mol. The summed E-state index contributed by atoms with van der Waals surface area (Å²) in [7, 11) is 0. The lowest BCUT2D eigenvalue weighted by Crippen LogP contribution is -2.35. The van der Waals surface area contributed by atoms with Crippen molar-refractivity contribution in [2.24, 2.45) is 16.8 Å². The topological polar surface area (TPSA) is 102 Å². The van der Waals surface area contributed by atoms with Gasteiger partial charge in [-0.15, -0.1) is 0 Å². The number of rotatable bonds is 8. The van der Waals surface area contributed by atoms with Crippen LogP contribution in [-0.4, -0.2) is 57.5 Å². The predicted octanol–water partition coefficient (Wildman–Crippen LogP) is 7.32. The first kappa shape index (κ1) is 33.4. The number of aliphatic hydroxyl groups is 1. The van der Waals surface area contributed by atoms with Crippen LogP contribution in [0.25, 0.3) is 5.57 Å². The van der Waals surface area contributed by atoms with E-state index in [1.165, 1.54) is 0 Å². The van der Waals surface area contributed by atoms with Crippen molar-refractivity contribution in [3.63, 3.8) is 0 Å². The summed E-state index contributed by atoms with van der Waals surface area (Å²) in [4.78, 5) is 49.6. The maximum absolute atomic E-state index is 14.2. The first-order valence-corrected chi connectivity index (χ1v) is 17.0. The second-order valence-electron chi connectivity index (χ2n) is 14.1. The van der Waals surface area contributed by atoms with Crippen LogP contribution in [0.4, 0.5) is 11.4 Å². The van der Waals surface area contributed by atoms with E-state index in [2.05, 4.69) is 61.7 Å². The molecule has 4 atom stereocenters. The van der Waals surface area contributed by atoms with Crippen LogP contribution in [0.5, 0.6) is 0 Å². The van der Waals surface area contributed by atoms with Gasteiger partial charge >= 0.3 is 0 Å². The van der Waals surface area contributed by atoms with Gasteiger partial charge < -0.3 is 20.2 Å². The van der Waals surface area contributed by atoms with Crippen LogP contribution in [0.2, 0.25) is 0 Å². The van der Waals surface area contributed by atoms with Gasteiger partial charge in [-0.3, -0.25) is 14.4 Å². The molecule has 46 heavy (non-hydrogen) atoms. The van der Waals surface area contributed by atoms with Crippen molar-refractivity contribution in [1.82, 2.24) is 4.90 Å². The molecular weight excluding hydrogens is 576 g/mol. The average molecular weight is 627 g/mol. The molecule has 0 bridgehead atoms. The lowest BCUT2D eigenvalue weighted by molar-refractivity contribution is -0.121. The highest BCUT2D eigenvalue weighted by molar-refractivity contribution is 6.42. The molecule has 5 rings (SSSR count). The molecule has 8 heteroatoms. The van der Waals surface area contributed by atoms with Crippen molar-refractivity contribution in [3.05, 3.63) is 63.6 Å². The van der Waals surface area contributed by atoms with E-state index in [9.17, 15) is 19.5 Å². The number of fused-ring (bicyclic) bond motifs is 2. The number of amides is 2. The molecule has 0 aromatic heterocycles. The van der Waals surface area contributed by atoms with Gasteiger partial charge in [-0.05, 0) is 103 Å². The van der Waals surface area contributed by atoms with Crippen LogP contribution < -0.4 is 10.2 Å². The third-order valence-corrected chi connectivity index (χ3v) is 10.1. The number of carbonyl (C=O) groups excluding carboxylic acids is 3. The normalized spacial score (nSPS) is 24.7. The highest BCUT2D eigenvalue weighted by Gasteiger charge is 2.42. The molecule has 1 saturated heterocycles. The van der Waals surface area contributed by atoms with Gasteiger partial charge in [-0.1, -0.05) is 27.7 Å². The van der Waals surface area contributed by atoms with E-state index in [1.54, 1.807) is 0 Å². The SMILES string of the molecule is CCC(C)C(=O)N=C1C=C2C(=CC1=C1C(=O)C(c3cc4c(cc3NC(=O)C(C)CC)N(C(C)C)C(C)C4)=C1O)CC(C)N2C(C)C. The van der Waals surface area contributed by atoms with Gasteiger partial charge in [0.2, 0.25) is 17.6 Å². The zero-order valence-electron chi connectivity index (χ0n) is 29.1. The Kier molecular flexibility index (Phi) is 9.22. The summed E-state index contributed by atoms with van der Waals surface area (Å²) in [5, 5.41) is 14.8. The number of aliphatic imine (C=N–C) groups is 1. The van der Waals surface area contributed by atoms with E-state index in [0.29, 0.717) is 35.4 Å². The smallest absolute Gasteiger partial charge is 0.249 e. The summed E-state index contributed by atoms with van der Waals surface area (Å²) in [6, 6.07) is 4.94. The average Bonchev–Trinajstić information content (AvgIpc) is 3.50. The lowest BCUT2D eigenvalue weighted by Gasteiger charge is -2.32. The fourth-order valence-corrected chi connectivity index (χ4v) is 7.30. The molecule has 246 valence electrons. The largest absolute Gasteiger partial charge is 0.506 e. The van der Waals surface area contributed by atoms with Gasteiger partial charge in [-0.25, -0.2) is 4.99 Å². The molecule has 4 aliphatic rings. The third-order valence-electron chi connectivity index (χ3n) is 10.1. The Morgan fingerprint density at radius 3 is 2.13 bits per heavy atom. The minimum Gasteiger partial charge on any atom is -0.506 e. The second kappa shape index (κ2) is 12.7. The molecule has 1 aromatic carbocycles. The standard InChI is InChI=1S/C38H50N4O4/c1-11-21(7)37(45)39-29-17-31-25(13-23(9)41(31)19(3)4)15-27(29)33-35(43)34(36(33)44)28-16-26-14-24(10)42(20(5)6)32(26)18-30(28)40-38(46)22(8)12-2/h15-24,43H,11-14H2,1-10H3,(H,39,45). The Morgan fingerprint density at radius 2 is 1.54 bits per heavy atom. The van der Waals surface area contributed by atoms with Gasteiger partial charge in [0, 0.05) is 58.5 Å². The quantitative estimate of drug-likeness (QED) is 0.293. The number of ketones is 1. The van der Waals surface area contributed by atoms with Crippen LogP contribution >= 0.6 is 0 Å². The Hall–Kier alpha value is -3.94. The number of Topliss-reactive ketones (excluding diaryl/α,β-unsaturated/α-hetero) is 1. The number of aliphatic hydroxyl groups excluding tert-OH is 1. The number of carbonyl (C=O) groups is 3. The number of benzene rings is 1. The highest BCUT2D eigenvalue weighted by atomic mass is 16.3. The van der Waals surface area contributed by atoms with Crippen LogP contribution in [0, 0.1) is 11.8 Å². The molecule has 8 nitrogen and oxygen atoms in total. The Bertz CT molecular complexity index is 1640. The lowest BCUT2D eigenvalue weighted by atomic mass is 9.77. The number of anilines is 2. The van der Waals surface area contributed by atoms with Crippen LogP contribution in [-0.2, 0) is 20.8 Å². The summed E-state index contributed by atoms with van der Waals surface area (Å²) in [6.45, 7) is 20.6. The summed E-state index contributed by atoms with van der Waals surface area (Å²) >= 11 is 0. The predicted molar refractivity (Wildman–Crippen MR) is 186 cm³/mol. The zero-order valence-corrected chi connectivity index (χ0v) is 29.1. The zero-order chi connectivity index (χ0) is 33.8. The van der Waals surface area contributed by atoms with Gasteiger partial charge in [0.05, 0.1) is 22.5 Å². The molecule has 2 aliphatic carbocycles. The molecule has 0 spiro atoms. The fourth-order valence-electron chi connectivity index (χ4n) is 7.30. The number of hydrogen-bond donors (Lipinski definition) is 2. The Labute approximate surface area is 274 Å². The molecule has 1 aromatic rings. The Morgan fingerprint density at radius 1 is 0.913 bits per heavy atom. The molecule has 2 heterocycles. The molecule has 2 amide bonds. The maximum atomic E-state index is 14.2. The summed E-state index contributed by atoms with van der Waals surface area (Å²) in [5.41, 5.74) is 6.46. The van der Waals surface area contributed by atoms with Gasteiger partial charge in [0.25, 0.3) is 0 Å². The van der Waals surface area contributed by atoms with E-state index in [0.717, 1.165) is 35.4 Å². The van der Waals surface area contributed by atoms with E-state index in [4.69, 9.17) is 0 Å². The van der Waals surface area contributed by atoms with Gasteiger partial charge in [0.15, 0.2) is 0 Å². The molecular formula is C38H50N4O4. The molecule has 4 unspecified atom stereocenters. The third kappa shape index (κ3) is 5.64. The van der Waals surface area contributed by atoms with Crippen molar-refractivity contribution in [3.8, 4) is 0 Å². The van der Waals surface area contributed by atoms with Crippen molar-refractivity contribution < 1.29 is 19.5 Å². The van der Waals surface area contributed by atoms with Gasteiger partial charge in [0.1, 0.15) is 5.76 Å². The van der Waals surface area contributed by atoms with Crippen LogP contribution in [0.15, 0.2) is 57.5 Å². The van der Waals surface area contributed by atoms with Crippen molar-refractivity contribution >= 4 is 40.3 Å². The van der Waals surface area contributed by atoms with E-state index >= 15 is 0 Å². The molecule has 2 aliphatic heterocycles. The van der Waals surface area contributed by atoms with Crippen LogP contribution in [0.1, 0.15) is 99.6 Å². The van der Waals surface area contributed by atoms with Crippen LogP contribution in [0.3, 0.4) is 0 Å². The van der Waals surface area contributed by atoms with E-state index in [1.807, 2.05) is 52.0 Å². The number of nitrogens with zero attached hydrogens (tertiary/aromatic N) is 3. The maximum Gasteiger partial charge on any atom is 0.249 e. The van der Waals surface area contributed by atoms with Crippen molar-refractivity contribution in [1.29, 1.82) is 0 Å². The minimum absolute atomic E-state index is 0.130. The molecule has 2 N–H and O–H groups in total. The molecule has 0 saturated carbocycles. The summed E-state index contributed by atoms with van der Waals surface area (Å²) in [6.07, 6.45) is 6.77. The number of likely N-dealkylation sites (tertiary alicyclic amines) is 1. The van der Waals surface area contributed by atoms with E-state index in [-0.39, 0.29) is 70.5 Å². The molecule has 0 radical (unpaired) electrons. The minimum atomic E-state index is -0.317. The molecule has 1 fully saturated rings. The number of nitrogens with one attached hydrogen (secondary N) is 1. The Balaban J connectivity index is 1.68. The van der Waals surface area contributed by atoms with Gasteiger partial charge in [-0.2, -0.15) is 0 Å². The highest BCUT2D eigenvalue weighted by Crippen LogP contribution is 2.47. The summed E-state index contributed by atoms with van der Waals surface area (Å²) in [5.74, 6) is -1.31. The first-order valence-electron chi connectivity index (χ1n) is 17.0.